The number of anilines is 1. The Morgan fingerprint density at radius 1 is 1.19 bits per heavy atom. The number of Topliss-reactive ketones (excluding diaryl/α,β-unsaturated/α-hetero) is 1. The quantitative estimate of drug-likeness (QED) is 0.862. The normalized spacial score (nSPS) is 17.1. The van der Waals surface area contributed by atoms with Crippen molar-refractivity contribution < 1.29 is 14.7 Å². The van der Waals surface area contributed by atoms with Crippen molar-refractivity contribution in [2.45, 2.75) is 40.2 Å². The number of amides is 1. The molecule has 1 aliphatic rings. The average molecular weight is 364 g/mol. The zero-order valence-electron chi connectivity index (χ0n) is 16.1. The molecule has 2 heterocycles. The zero-order chi connectivity index (χ0) is 19.7. The molecule has 27 heavy (non-hydrogen) atoms. The van der Waals surface area contributed by atoms with Gasteiger partial charge in [0.1, 0.15) is 6.04 Å². The van der Waals surface area contributed by atoms with Crippen molar-refractivity contribution >= 4 is 17.4 Å². The standard InChI is InChI=1S/C22H24N2O3/c1-13(2)11-18(25)19-20(17-7-5-6-10-23-17)24(22(27)21(19)26)16-9-8-14(3)15(4)12-16/h5-10,12-13,20,26H,11H2,1-4H3. The van der Waals surface area contributed by atoms with Gasteiger partial charge >= 0.3 is 0 Å². The number of ketones is 1. The molecule has 0 radical (unpaired) electrons. The van der Waals surface area contributed by atoms with Gasteiger partial charge in [0.2, 0.25) is 0 Å². The lowest BCUT2D eigenvalue weighted by molar-refractivity contribution is -0.118. The number of carbonyl (C=O) groups is 2. The molecule has 3 rings (SSSR count). The third-order valence-corrected chi connectivity index (χ3v) is 4.84. The number of aliphatic hydroxyl groups is 1. The molecule has 5 nitrogen and oxygen atoms in total. The Kier molecular flexibility index (Phi) is 5.13. The highest BCUT2D eigenvalue weighted by Gasteiger charge is 2.44. The SMILES string of the molecule is Cc1ccc(N2C(=O)C(O)=C(C(=O)CC(C)C)C2c2ccccn2)cc1C. The molecule has 1 aliphatic heterocycles. The van der Waals surface area contributed by atoms with E-state index in [1.54, 1.807) is 18.3 Å². The summed E-state index contributed by atoms with van der Waals surface area (Å²) in [6.45, 7) is 7.83. The molecule has 1 aromatic heterocycles. The molecular formula is C22H24N2O3. The minimum atomic E-state index is -0.730. The van der Waals surface area contributed by atoms with Gasteiger partial charge in [0, 0.05) is 18.3 Å². The minimum Gasteiger partial charge on any atom is -0.503 e. The van der Waals surface area contributed by atoms with Crippen molar-refractivity contribution in [3.63, 3.8) is 0 Å². The fourth-order valence-corrected chi connectivity index (χ4v) is 3.33. The van der Waals surface area contributed by atoms with E-state index in [1.807, 2.05) is 52.0 Å². The first-order valence-corrected chi connectivity index (χ1v) is 9.09. The maximum absolute atomic E-state index is 12.9. The van der Waals surface area contributed by atoms with Crippen LogP contribution in [0.2, 0.25) is 0 Å². The maximum Gasteiger partial charge on any atom is 0.294 e. The van der Waals surface area contributed by atoms with Crippen LogP contribution in [0.3, 0.4) is 0 Å². The van der Waals surface area contributed by atoms with Crippen LogP contribution in [0.25, 0.3) is 0 Å². The third kappa shape index (κ3) is 3.50. The molecule has 1 N–H and O–H groups in total. The summed E-state index contributed by atoms with van der Waals surface area (Å²) in [6, 6.07) is 10.3. The summed E-state index contributed by atoms with van der Waals surface area (Å²) in [7, 11) is 0. The van der Waals surface area contributed by atoms with E-state index < -0.39 is 17.7 Å². The second-order valence-corrected chi connectivity index (χ2v) is 7.38. The van der Waals surface area contributed by atoms with E-state index >= 15 is 0 Å². The Balaban J connectivity index is 2.14. The number of aromatic nitrogens is 1. The fraction of sp³-hybridized carbons (Fsp3) is 0.318. The summed E-state index contributed by atoms with van der Waals surface area (Å²) < 4.78 is 0. The Labute approximate surface area is 159 Å². The highest BCUT2D eigenvalue weighted by Crippen LogP contribution is 2.41. The topological polar surface area (TPSA) is 70.5 Å². The summed E-state index contributed by atoms with van der Waals surface area (Å²) in [4.78, 5) is 31.6. The molecule has 0 fully saturated rings. The van der Waals surface area contributed by atoms with Crippen LogP contribution in [0, 0.1) is 19.8 Å². The van der Waals surface area contributed by atoms with Crippen LogP contribution in [-0.2, 0) is 9.59 Å². The predicted octanol–water partition coefficient (Wildman–Crippen LogP) is 4.21. The van der Waals surface area contributed by atoms with Crippen molar-refractivity contribution in [2.75, 3.05) is 4.90 Å². The maximum atomic E-state index is 12.9. The molecule has 0 spiro atoms. The summed E-state index contributed by atoms with van der Waals surface area (Å²) in [5.74, 6) is -1.15. The first-order valence-electron chi connectivity index (χ1n) is 9.09. The van der Waals surface area contributed by atoms with Gasteiger partial charge in [-0.1, -0.05) is 26.0 Å². The van der Waals surface area contributed by atoms with Gasteiger partial charge in [-0.3, -0.25) is 19.5 Å². The van der Waals surface area contributed by atoms with E-state index in [1.165, 1.54) is 4.90 Å². The number of nitrogens with zero attached hydrogens (tertiary/aromatic N) is 2. The van der Waals surface area contributed by atoms with Gasteiger partial charge in [0.15, 0.2) is 11.5 Å². The molecule has 0 bridgehead atoms. The first-order chi connectivity index (χ1) is 12.8. The van der Waals surface area contributed by atoms with Gasteiger partial charge in [-0.15, -0.1) is 0 Å². The molecular weight excluding hydrogens is 340 g/mol. The monoisotopic (exact) mass is 364 g/mol. The highest BCUT2D eigenvalue weighted by molar-refractivity contribution is 6.16. The smallest absolute Gasteiger partial charge is 0.294 e. The summed E-state index contributed by atoms with van der Waals surface area (Å²) >= 11 is 0. The van der Waals surface area contributed by atoms with Crippen LogP contribution in [0.15, 0.2) is 53.9 Å². The van der Waals surface area contributed by atoms with Crippen molar-refractivity contribution in [3.05, 3.63) is 70.7 Å². The van der Waals surface area contributed by atoms with Crippen LogP contribution in [0.4, 0.5) is 5.69 Å². The third-order valence-electron chi connectivity index (χ3n) is 4.84. The molecule has 0 aliphatic carbocycles. The van der Waals surface area contributed by atoms with Crippen LogP contribution in [0.1, 0.15) is 43.1 Å². The second-order valence-electron chi connectivity index (χ2n) is 7.38. The largest absolute Gasteiger partial charge is 0.503 e. The van der Waals surface area contributed by atoms with Crippen LogP contribution < -0.4 is 4.90 Å². The van der Waals surface area contributed by atoms with E-state index in [-0.39, 0.29) is 23.7 Å². The number of aryl methyl sites for hydroxylation is 2. The van der Waals surface area contributed by atoms with Crippen LogP contribution >= 0.6 is 0 Å². The van der Waals surface area contributed by atoms with Crippen molar-refractivity contribution in [3.8, 4) is 0 Å². The predicted molar refractivity (Wildman–Crippen MR) is 104 cm³/mol. The van der Waals surface area contributed by atoms with Crippen molar-refractivity contribution in [1.82, 2.24) is 4.98 Å². The average Bonchev–Trinajstić information content (AvgIpc) is 2.89. The molecule has 140 valence electrons. The van der Waals surface area contributed by atoms with E-state index in [0.717, 1.165) is 11.1 Å². The van der Waals surface area contributed by atoms with Gasteiger partial charge in [-0.2, -0.15) is 0 Å². The number of rotatable bonds is 5. The lowest BCUT2D eigenvalue weighted by atomic mass is 9.94. The number of benzene rings is 1. The van der Waals surface area contributed by atoms with E-state index in [9.17, 15) is 14.7 Å². The zero-order valence-corrected chi connectivity index (χ0v) is 16.1. The van der Waals surface area contributed by atoms with Crippen LogP contribution in [0.5, 0.6) is 0 Å². The van der Waals surface area contributed by atoms with Gasteiger partial charge in [-0.25, -0.2) is 0 Å². The number of hydrogen-bond acceptors (Lipinski definition) is 4. The summed E-state index contributed by atoms with van der Waals surface area (Å²) in [5.41, 5.74) is 3.46. The number of pyridine rings is 1. The lowest BCUT2D eigenvalue weighted by Crippen LogP contribution is -2.31. The van der Waals surface area contributed by atoms with Gasteiger partial charge in [0.05, 0.1) is 11.3 Å². The van der Waals surface area contributed by atoms with E-state index in [4.69, 9.17) is 0 Å². The molecule has 5 heteroatoms. The highest BCUT2D eigenvalue weighted by atomic mass is 16.3. The molecule has 1 amide bonds. The van der Waals surface area contributed by atoms with E-state index in [2.05, 4.69) is 4.98 Å². The fourth-order valence-electron chi connectivity index (χ4n) is 3.33. The Hall–Kier alpha value is -2.95. The van der Waals surface area contributed by atoms with Crippen molar-refractivity contribution in [1.29, 1.82) is 0 Å². The molecule has 0 saturated carbocycles. The lowest BCUT2D eigenvalue weighted by Gasteiger charge is -2.26. The summed E-state index contributed by atoms with van der Waals surface area (Å²) in [6.07, 6.45) is 1.88. The Bertz CT molecular complexity index is 916. The second kappa shape index (κ2) is 7.35. The van der Waals surface area contributed by atoms with Crippen molar-refractivity contribution in [2.24, 2.45) is 5.92 Å². The minimum absolute atomic E-state index is 0.118. The van der Waals surface area contributed by atoms with E-state index in [0.29, 0.717) is 11.4 Å². The summed E-state index contributed by atoms with van der Waals surface area (Å²) in [5, 5.41) is 10.6. The molecule has 1 aromatic carbocycles. The number of aliphatic hydroxyl groups excluding tert-OH is 1. The number of carbonyl (C=O) groups excluding carboxylic acids is 2. The van der Waals surface area contributed by atoms with Crippen LogP contribution in [-0.4, -0.2) is 21.8 Å². The van der Waals surface area contributed by atoms with Gasteiger partial charge in [0.25, 0.3) is 5.91 Å². The number of hydrogen-bond donors (Lipinski definition) is 1. The molecule has 0 saturated heterocycles. The van der Waals surface area contributed by atoms with Gasteiger partial charge in [-0.05, 0) is 55.2 Å². The Morgan fingerprint density at radius 3 is 2.52 bits per heavy atom. The molecule has 1 unspecified atom stereocenters. The van der Waals surface area contributed by atoms with Gasteiger partial charge < -0.3 is 5.11 Å². The molecule has 2 aromatic rings. The first kappa shape index (κ1) is 18.8. The molecule has 1 atom stereocenters. The Morgan fingerprint density at radius 2 is 1.93 bits per heavy atom.